The van der Waals surface area contributed by atoms with E-state index < -0.39 is 43.6 Å². The van der Waals surface area contributed by atoms with Crippen molar-refractivity contribution < 1.29 is 42.1 Å². The molecule has 3 heterocycles. The molecule has 0 aromatic carbocycles. The van der Waals surface area contributed by atoms with Crippen molar-refractivity contribution in [2.75, 3.05) is 25.3 Å². The lowest BCUT2D eigenvalue weighted by atomic mass is 10.2. The number of imidazole rings is 1. The van der Waals surface area contributed by atoms with Crippen LogP contribution in [-0.2, 0) is 39.1 Å². The third kappa shape index (κ3) is 6.86. The van der Waals surface area contributed by atoms with Crippen LogP contribution in [-0.4, -0.2) is 68.7 Å². The van der Waals surface area contributed by atoms with Gasteiger partial charge in [-0.15, -0.1) is 0 Å². The minimum atomic E-state index is -3.88. The molecule has 2 aromatic rings. The molecule has 1 aliphatic heterocycles. The van der Waals surface area contributed by atoms with Gasteiger partial charge < -0.3 is 38.3 Å². The number of nitrogen functional groups attached to an aromatic ring is 1. The van der Waals surface area contributed by atoms with Gasteiger partial charge in [0.25, 0.3) is 0 Å². The minimum Gasteiger partial charge on any atom is -0.425 e. The Bertz CT molecular complexity index is 1070. The Morgan fingerprint density at radius 3 is 2.26 bits per heavy atom. The van der Waals surface area contributed by atoms with Crippen LogP contribution in [0.4, 0.5) is 15.4 Å². The van der Waals surface area contributed by atoms with Crippen molar-refractivity contribution in [3.05, 3.63) is 12.7 Å². The number of anilines is 1. The monoisotopic (exact) mass is 501 g/mol. The number of aromatic nitrogens is 4. The van der Waals surface area contributed by atoms with Crippen molar-refractivity contribution in [1.82, 2.24) is 19.5 Å². The van der Waals surface area contributed by atoms with Crippen LogP contribution in [0.15, 0.2) is 12.7 Å². The van der Waals surface area contributed by atoms with E-state index in [2.05, 4.69) is 19.7 Å². The van der Waals surface area contributed by atoms with Crippen molar-refractivity contribution in [2.45, 2.75) is 58.5 Å². The number of ether oxygens (including phenoxy) is 4. The second-order valence-corrected chi connectivity index (χ2v) is 10.9. The fourth-order valence-corrected chi connectivity index (χ4v) is 4.50. The predicted molar refractivity (Wildman–Crippen MR) is 117 cm³/mol. The molecule has 1 saturated heterocycles. The Kier molecular flexibility index (Phi) is 7.46. The molecule has 0 unspecified atom stereocenters. The van der Waals surface area contributed by atoms with Gasteiger partial charge in [-0.2, -0.15) is 0 Å². The molecule has 14 nitrogen and oxygen atoms in total. The smallest absolute Gasteiger partial charge is 0.425 e. The highest BCUT2D eigenvalue weighted by atomic mass is 31.2. The molecule has 0 saturated carbocycles. The number of rotatable bonds is 5. The molecule has 15 heteroatoms. The summed E-state index contributed by atoms with van der Waals surface area (Å²) < 4.78 is 46.6. The second kappa shape index (κ2) is 9.82. The van der Waals surface area contributed by atoms with Crippen LogP contribution in [0.25, 0.3) is 11.2 Å². The minimum absolute atomic E-state index is 0.258. The highest BCUT2D eigenvalue weighted by Crippen LogP contribution is 2.50. The molecule has 0 amide bonds. The fraction of sp³-hybridized carbons (Fsp3) is 0.632. The van der Waals surface area contributed by atoms with Gasteiger partial charge >= 0.3 is 19.9 Å². The average molecular weight is 501 g/mol. The van der Waals surface area contributed by atoms with Gasteiger partial charge in [-0.25, -0.2) is 24.5 Å². The summed E-state index contributed by atoms with van der Waals surface area (Å²) in [5, 5.41) is 0. The van der Waals surface area contributed by atoms with Gasteiger partial charge in [0.1, 0.15) is 29.4 Å². The SMILES string of the molecule is C[C@H](Cn1cnc2c(N)ncnc21)OCP1(=O)OCC(C)(C)OC(=O)OC(=O)OC(C)(C)CO1. The third-order valence-electron chi connectivity index (χ3n) is 4.50. The molecule has 0 aliphatic carbocycles. The van der Waals surface area contributed by atoms with Gasteiger partial charge in [0.15, 0.2) is 11.5 Å². The zero-order valence-corrected chi connectivity index (χ0v) is 20.4. The maximum absolute atomic E-state index is 13.4. The molecule has 34 heavy (non-hydrogen) atoms. The number of hydrogen-bond donors (Lipinski definition) is 1. The van der Waals surface area contributed by atoms with E-state index in [0.29, 0.717) is 17.7 Å². The number of carbonyl (C=O) groups is 2. The molecule has 2 N–H and O–H groups in total. The summed E-state index contributed by atoms with van der Waals surface area (Å²) in [5.41, 5.74) is 4.23. The van der Waals surface area contributed by atoms with E-state index in [1.165, 1.54) is 34.0 Å². The summed E-state index contributed by atoms with van der Waals surface area (Å²) in [6.45, 7) is 7.40. The van der Waals surface area contributed by atoms with E-state index in [0.717, 1.165) is 0 Å². The highest BCUT2D eigenvalue weighted by molar-refractivity contribution is 7.53. The van der Waals surface area contributed by atoms with Crippen molar-refractivity contribution in [2.24, 2.45) is 0 Å². The first kappa shape index (κ1) is 25.8. The van der Waals surface area contributed by atoms with Gasteiger partial charge in [-0.3, -0.25) is 4.57 Å². The van der Waals surface area contributed by atoms with Crippen molar-refractivity contribution >= 4 is 36.9 Å². The van der Waals surface area contributed by atoms with Gasteiger partial charge in [0, 0.05) is 0 Å². The third-order valence-corrected chi connectivity index (χ3v) is 6.01. The van der Waals surface area contributed by atoms with Gasteiger partial charge in [0.2, 0.25) is 0 Å². The predicted octanol–water partition coefficient (Wildman–Crippen LogP) is 2.86. The van der Waals surface area contributed by atoms with Crippen LogP contribution in [0.5, 0.6) is 0 Å². The van der Waals surface area contributed by atoms with Crippen molar-refractivity contribution in [1.29, 1.82) is 0 Å². The number of cyclic esters (lactones) is 4. The normalized spacial score (nSPS) is 21.4. The first-order chi connectivity index (χ1) is 15.8. The summed E-state index contributed by atoms with van der Waals surface area (Å²) in [6.07, 6.45) is -0.530. The number of fused-ring (bicyclic) bond motifs is 1. The molecule has 188 valence electrons. The Hall–Kier alpha value is -2.80. The van der Waals surface area contributed by atoms with E-state index in [1.54, 1.807) is 17.8 Å². The average Bonchev–Trinajstić information content (AvgIpc) is 3.12. The van der Waals surface area contributed by atoms with E-state index in [4.69, 9.17) is 29.0 Å². The topological polar surface area (TPSA) is 176 Å². The Balaban J connectivity index is 1.70. The quantitative estimate of drug-likeness (QED) is 0.360. The van der Waals surface area contributed by atoms with Crippen LogP contribution in [0, 0.1) is 0 Å². The highest BCUT2D eigenvalue weighted by Gasteiger charge is 2.37. The summed E-state index contributed by atoms with van der Waals surface area (Å²) in [6, 6.07) is 0. The van der Waals surface area contributed by atoms with Crippen LogP contribution < -0.4 is 5.73 Å². The molecule has 1 atom stereocenters. The zero-order valence-electron chi connectivity index (χ0n) is 19.5. The van der Waals surface area contributed by atoms with Crippen LogP contribution in [0.2, 0.25) is 0 Å². The zero-order chi connectivity index (χ0) is 25.1. The summed E-state index contributed by atoms with van der Waals surface area (Å²) in [4.78, 5) is 35.9. The van der Waals surface area contributed by atoms with Gasteiger partial charge in [-0.1, -0.05) is 0 Å². The molecular formula is C19H28N5O9P. The molecule has 2 aromatic heterocycles. The van der Waals surface area contributed by atoms with Crippen LogP contribution >= 0.6 is 7.60 Å². The van der Waals surface area contributed by atoms with Crippen LogP contribution in [0.1, 0.15) is 34.6 Å². The van der Waals surface area contributed by atoms with Crippen molar-refractivity contribution in [3.8, 4) is 0 Å². The lowest BCUT2D eigenvalue weighted by Gasteiger charge is -2.31. The first-order valence-electron chi connectivity index (χ1n) is 10.3. The summed E-state index contributed by atoms with van der Waals surface area (Å²) in [5.74, 6) is 0.258. The molecular weight excluding hydrogens is 473 g/mol. The van der Waals surface area contributed by atoms with Gasteiger partial charge in [-0.05, 0) is 34.6 Å². The number of hydrogen-bond acceptors (Lipinski definition) is 13. The molecule has 1 fully saturated rings. The number of carbonyl (C=O) groups excluding carboxylic acids is 2. The van der Waals surface area contributed by atoms with E-state index in [9.17, 15) is 14.2 Å². The van der Waals surface area contributed by atoms with Crippen LogP contribution in [0.3, 0.4) is 0 Å². The molecule has 0 spiro atoms. The maximum Gasteiger partial charge on any atom is 0.519 e. The van der Waals surface area contributed by atoms with Crippen molar-refractivity contribution in [3.63, 3.8) is 0 Å². The Labute approximate surface area is 195 Å². The van der Waals surface area contributed by atoms with E-state index in [-0.39, 0.29) is 19.0 Å². The van der Waals surface area contributed by atoms with E-state index >= 15 is 0 Å². The second-order valence-electron chi connectivity index (χ2n) is 8.92. The fourth-order valence-electron chi connectivity index (χ4n) is 2.82. The lowest BCUT2D eigenvalue weighted by Crippen LogP contribution is -2.38. The number of nitrogens with zero attached hydrogens (tertiary/aromatic N) is 4. The Morgan fingerprint density at radius 1 is 1.09 bits per heavy atom. The maximum atomic E-state index is 13.4. The first-order valence-corrected chi connectivity index (χ1v) is 12.1. The largest absolute Gasteiger partial charge is 0.519 e. The van der Waals surface area contributed by atoms with Gasteiger partial charge in [0.05, 0.1) is 32.2 Å². The Morgan fingerprint density at radius 2 is 1.68 bits per heavy atom. The molecule has 0 bridgehead atoms. The standard InChI is InChI=1S/C19H28N5O9P/c1-12(6-24-10-23-13-14(20)21-9-22-15(13)24)28-11-34(27)29-7-18(2,3)32-16(25)31-17(26)33-19(4,5)8-30-34/h9-10,12H,6-8,11H2,1-5H3,(H2,20,21,22)/t12-/m1/s1. The molecule has 1 aliphatic rings. The number of nitrogens with two attached hydrogens (primary N) is 1. The summed E-state index contributed by atoms with van der Waals surface area (Å²) >= 11 is 0. The summed E-state index contributed by atoms with van der Waals surface area (Å²) in [7, 11) is -3.88. The molecule has 0 radical (unpaired) electrons. The van der Waals surface area contributed by atoms with E-state index in [1.807, 2.05) is 0 Å². The molecule has 3 rings (SSSR count). The lowest BCUT2D eigenvalue weighted by molar-refractivity contribution is -0.0714.